The average molecular weight is 546 g/mol. The first-order chi connectivity index (χ1) is 17.3. The van der Waals surface area contributed by atoms with Crippen molar-refractivity contribution in [1.82, 2.24) is 0 Å². The maximum absolute atomic E-state index is 10.9. The van der Waals surface area contributed by atoms with E-state index in [4.69, 9.17) is 40.9 Å². The zero-order chi connectivity index (χ0) is 27.9. The van der Waals surface area contributed by atoms with Crippen molar-refractivity contribution in [2.24, 2.45) is 17.2 Å². The normalized spacial score (nSPS) is 50.7. The first kappa shape index (κ1) is 30.9. The van der Waals surface area contributed by atoms with E-state index < -0.39 is 111 Å². The van der Waals surface area contributed by atoms with Crippen molar-refractivity contribution in [3.05, 3.63) is 0 Å². The van der Waals surface area contributed by atoms with Gasteiger partial charge in [0.1, 0.15) is 54.4 Å². The van der Waals surface area contributed by atoms with Gasteiger partial charge in [0, 0.05) is 0 Å². The molecule has 15 N–H and O–H groups in total. The van der Waals surface area contributed by atoms with Crippen molar-refractivity contribution in [3.8, 4) is 0 Å². The molecule has 3 fully saturated rings. The Morgan fingerprint density at radius 3 is 1.81 bits per heavy atom. The molecule has 3 aliphatic rings. The van der Waals surface area contributed by atoms with Gasteiger partial charge in [0.25, 0.3) is 0 Å². The summed E-state index contributed by atoms with van der Waals surface area (Å²) in [4.78, 5) is 0. The molecule has 3 aliphatic heterocycles. The van der Waals surface area contributed by atoms with Crippen LogP contribution in [0.15, 0.2) is 0 Å². The molecule has 3 heterocycles. The predicted molar refractivity (Wildman–Crippen MR) is 118 cm³/mol. The third kappa shape index (κ3) is 5.52. The zero-order valence-electron chi connectivity index (χ0n) is 20.1. The van der Waals surface area contributed by atoms with E-state index in [9.17, 15) is 46.0 Å². The van der Waals surface area contributed by atoms with Crippen LogP contribution in [0.1, 0.15) is 13.3 Å². The maximum atomic E-state index is 10.9. The molecule has 2 unspecified atom stereocenters. The molecule has 0 amide bonds. The average Bonchev–Trinajstić information content (AvgIpc) is 2.88. The van der Waals surface area contributed by atoms with Crippen LogP contribution >= 0.6 is 0 Å². The highest BCUT2D eigenvalue weighted by atomic mass is 16.7. The van der Waals surface area contributed by atoms with Crippen LogP contribution in [0, 0.1) is 0 Å². The van der Waals surface area contributed by atoms with Gasteiger partial charge in [-0.2, -0.15) is 0 Å². The van der Waals surface area contributed by atoms with Gasteiger partial charge in [0.15, 0.2) is 18.9 Å². The minimum atomic E-state index is -2.97. The second-order valence-corrected chi connectivity index (χ2v) is 9.58. The number of rotatable bonds is 8. The highest BCUT2D eigenvalue weighted by Gasteiger charge is 2.61. The standard InChI is InChI=1S/C20H39N3O14/c1-2-19(5-26)18(30)20(31,32)14(23)17(37-19)36-13-7(4-25)34-16(9(22)11(13)28)35-12-6(3-24)33-15(29)8(21)10(12)27/h6-18,24-32H,2-5,21-23H2,1H3/t6-,7-,8-,9-,10-,11-,12?,13?,14-,15-,16+,17+,18+,19-/m1/s1. The minimum absolute atomic E-state index is 0.0860. The van der Waals surface area contributed by atoms with E-state index in [1.54, 1.807) is 0 Å². The van der Waals surface area contributed by atoms with Gasteiger partial charge in [-0.25, -0.2) is 0 Å². The van der Waals surface area contributed by atoms with Crippen molar-refractivity contribution in [2.45, 2.75) is 104 Å². The molecule has 0 aliphatic carbocycles. The monoisotopic (exact) mass is 545 g/mol. The number of hydrogen-bond acceptors (Lipinski definition) is 17. The van der Waals surface area contributed by atoms with Gasteiger partial charge in [0.2, 0.25) is 5.79 Å². The van der Waals surface area contributed by atoms with Crippen LogP contribution in [0.2, 0.25) is 0 Å². The molecule has 3 rings (SSSR count). The Kier molecular flexibility index (Phi) is 9.86. The molecule has 218 valence electrons. The van der Waals surface area contributed by atoms with Gasteiger partial charge in [0.05, 0.1) is 31.9 Å². The summed E-state index contributed by atoms with van der Waals surface area (Å²) < 4.78 is 27.7. The second kappa shape index (κ2) is 11.8. The summed E-state index contributed by atoms with van der Waals surface area (Å²) in [5, 5.41) is 91.6. The zero-order valence-corrected chi connectivity index (χ0v) is 20.1. The molecule has 17 nitrogen and oxygen atoms in total. The van der Waals surface area contributed by atoms with Crippen LogP contribution in [0.3, 0.4) is 0 Å². The largest absolute Gasteiger partial charge is 0.394 e. The summed E-state index contributed by atoms with van der Waals surface area (Å²) in [6.07, 6.45) is -15.5. The number of aliphatic hydroxyl groups is 9. The van der Waals surface area contributed by atoms with Gasteiger partial charge in [-0.05, 0) is 6.42 Å². The fraction of sp³-hybridized carbons (Fsp3) is 1.00. The SMILES string of the molecule is CC[C@]1(CO)O[C@H](OC2[C@@H](CO)O[C@@H](OC3[C@@H](CO)O[C@@H](O)[C@H](N)[C@H]3O)[C@H](N)[C@H]2O)[C@@H](N)C(O)(O)[C@H]1O. The van der Waals surface area contributed by atoms with Crippen LogP contribution in [0.25, 0.3) is 0 Å². The van der Waals surface area contributed by atoms with Crippen molar-refractivity contribution in [3.63, 3.8) is 0 Å². The number of aliphatic hydroxyl groups excluding tert-OH is 7. The highest BCUT2D eigenvalue weighted by Crippen LogP contribution is 2.38. The molecule has 17 heteroatoms. The summed E-state index contributed by atoms with van der Waals surface area (Å²) in [5.74, 6) is -2.97. The Bertz CT molecular complexity index is 743. The molecule has 3 saturated heterocycles. The summed E-state index contributed by atoms with van der Waals surface area (Å²) in [5.41, 5.74) is 15.7. The summed E-state index contributed by atoms with van der Waals surface area (Å²) in [6, 6.07) is -4.50. The quantitative estimate of drug-likeness (QED) is 0.126. The van der Waals surface area contributed by atoms with Crippen molar-refractivity contribution in [2.75, 3.05) is 19.8 Å². The van der Waals surface area contributed by atoms with E-state index in [1.165, 1.54) is 6.92 Å². The van der Waals surface area contributed by atoms with Crippen LogP contribution in [-0.2, 0) is 23.7 Å². The summed E-state index contributed by atoms with van der Waals surface area (Å²) in [6.45, 7) is -0.781. The molecular weight excluding hydrogens is 506 g/mol. The van der Waals surface area contributed by atoms with Gasteiger partial charge >= 0.3 is 0 Å². The lowest BCUT2D eigenvalue weighted by molar-refractivity contribution is -0.402. The maximum Gasteiger partial charge on any atom is 0.213 e. The highest BCUT2D eigenvalue weighted by molar-refractivity contribution is 5.06. The molecular formula is C20H39N3O14. The first-order valence-electron chi connectivity index (χ1n) is 11.9. The minimum Gasteiger partial charge on any atom is -0.394 e. The van der Waals surface area contributed by atoms with Crippen LogP contribution in [0.5, 0.6) is 0 Å². The summed E-state index contributed by atoms with van der Waals surface area (Å²) in [7, 11) is 0. The lowest BCUT2D eigenvalue weighted by Crippen LogP contribution is -2.76. The van der Waals surface area contributed by atoms with Crippen LogP contribution in [0.4, 0.5) is 0 Å². The lowest BCUT2D eigenvalue weighted by atomic mass is 9.82. The van der Waals surface area contributed by atoms with Gasteiger partial charge < -0.3 is 86.8 Å². The van der Waals surface area contributed by atoms with Crippen molar-refractivity contribution >= 4 is 0 Å². The molecule has 0 aromatic rings. The summed E-state index contributed by atoms with van der Waals surface area (Å²) >= 11 is 0. The second-order valence-electron chi connectivity index (χ2n) is 9.58. The first-order valence-corrected chi connectivity index (χ1v) is 11.9. The third-order valence-electron chi connectivity index (χ3n) is 7.31. The number of ether oxygens (including phenoxy) is 5. The molecule has 0 aromatic heterocycles. The lowest BCUT2D eigenvalue weighted by Gasteiger charge is -2.53. The number of hydrogen-bond donors (Lipinski definition) is 12. The van der Waals surface area contributed by atoms with Gasteiger partial charge in [-0.1, -0.05) is 6.92 Å². The fourth-order valence-electron chi connectivity index (χ4n) is 4.72. The van der Waals surface area contributed by atoms with E-state index in [0.29, 0.717) is 0 Å². The molecule has 0 saturated carbocycles. The van der Waals surface area contributed by atoms with E-state index >= 15 is 0 Å². The van der Waals surface area contributed by atoms with E-state index in [2.05, 4.69) is 0 Å². The van der Waals surface area contributed by atoms with E-state index in [-0.39, 0.29) is 6.42 Å². The van der Waals surface area contributed by atoms with Gasteiger partial charge in [-0.3, -0.25) is 0 Å². The molecule has 0 radical (unpaired) electrons. The van der Waals surface area contributed by atoms with Crippen LogP contribution in [-0.4, -0.2) is 157 Å². The molecule has 37 heavy (non-hydrogen) atoms. The fourth-order valence-corrected chi connectivity index (χ4v) is 4.72. The Labute approximate surface area is 211 Å². The van der Waals surface area contributed by atoms with E-state index in [1.807, 2.05) is 0 Å². The molecule has 0 spiro atoms. The Hall–Kier alpha value is -0.680. The predicted octanol–water partition coefficient (Wildman–Crippen LogP) is -7.57. The molecule has 14 atom stereocenters. The number of nitrogens with two attached hydrogens (primary N) is 3. The Morgan fingerprint density at radius 2 is 1.30 bits per heavy atom. The van der Waals surface area contributed by atoms with E-state index in [0.717, 1.165) is 0 Å². The van der Waals surface area contributed by atoms with Gasteiger partial charge in [-0.15, -0.1) is 0 Å². The van der Waals surface area contributed by atoms with Crippen molar-refractivity contribution in [1.29, 1.82) is 0 Å². The molecule has 0 bridgehead atoms. The van der Waals surface area contributed by atoms with Crippen molar-refractivity contribution < 1.29 is 69.6 Å². The van der Waals surface area contributed by atoms with Crippen LogP contribution < -0.4 is 17.2 Å². The topological polar surface area (TPSA) is 306 Å². The Morgan fingerprint density at radius 1 is 0.784 bits per heavy atom. The molecule has 0 aromatic carbocycles. The smallest absolute Gasteiger partial charge is 0.213 e. The Balaban J connectivity index is 1.79. The third-order valence-corrected chi connectivity index (χ3v) is 7.31.